The minimum absolute atomic E-state index is 0. The van der Waals surface area contributed by atoms with E-state index in [2.05, 4.69) is 27.8 Å². The van der Waals surface area contributed by atoms with Gasteiger partial charge in [-0.25, -0.2) is 4.68 Å². The number of nitrogens with two attached hydrogens (primary N) is 1. The van der Waals surface area contributed by atoms with Crippen LogP contribution in [0.15, 0.2) is 54.6 Å². The van der Waals surface area contributed by atoms with Gasteiger partial charge < -0.3 is 11.1 Å². The number of nitrogens with zero attached hydrogens (tertiary/aromatic N) is 3. The number of benzene rings is 2. The summed E-state index contributed by atoms with van der Waals surface area (Å²) in [5, 5.41) is 11.0. The van der Waals surface area contributed by atoms with Crippen molar-refractivity contribution in [2.45, 2.75) is 13.8 Å². The maximum atomic E-state index is 12.3. The van der Waals surface area contributed by atoms with E-state index in [-0.39, 0.29) is 24.2 Å². The van der Waals surface area contributed by atoms with Crippen molar-refractivity contribution in [1.82, 2.24) is 20.3 Å². The van der Waals surface area contributed by atoms with Gasteiger partial charge in [-0.2, -0.15) is 0 Å². The molecule has 0 spiro atoms. The minimum atomic E-state index is -0.227. The Morgan fingerprint density at radius 3 is 2.37 bits per heavy atom. The number of rotatable bonds is 6. The third-order valence-electron chi connectivity index (χ3n) is 4.34. The Balaban J connectivity index is 0.00000261. The maximum absolute atomic E-state index is 12.3. The van der Waals surface area contributed by atoms with E-state index in [0.29, 0.717) is 24.5 Å². The lowest BCUT2D eigenvalue weighted by molar-refractivity contribution is 0.0943. The number of carbonyl (C=O) groups is 1. The third kappa shape index (κ3) is 4.72. The third-order valence-corrected chi connectivity index (χ3v) is 4.34. The van der Waals surface area contributed by atoms with Crippen LogP contribution in [-0.2, 0) is 0 Å². The van der Waals surface area contributed by atoms with Gasteiger partial charge in [0.1, 0.15) is 0 Å². The van der Waals surface area contributed by atoms with Crippen molar-refractivity contribution >= 4 is 18.3 Å². The smallest absolute Gasteiger partial charge is 0.273 e. The summed E-state index contributed by atoms with van der Waals surface area (Å²) in [5.41, 5.74) is 9.76. The first-order chi connectivity index (χ1) is 12.6. The molecular weight excluding hydrogens is 362 g/mol. The Bertz CT molecular complexity index is 877. The van der Waals surface area contributed by atoms with E-state index in [1.807, 2.05) is 56.3 Å². The van der Waals surface area contributed by atoms with E-state index < -0.39 is 0 Å². The van der Waals surface area contributed by atoms with E-state index in [9.17, 15) is 4.79 Å². The molecule has 1 aromatic heterocycles. The zero-order valence-electron chi connectivity index (χ0n) is 15.4. The Hall–Kier alpha value is -2.70. The van der Waals surface area contributed by atoms with Crippen molar-refractivity contribution in [2.75, 3.05) is 13.1 Å². The van der Waals surface area contributed by atoms with Crippen LogP contribution in [0, 0.1) is 12.8 Å². The first-order valence-electron chi connectivity index (χ1n) is 8.66. The van der Waals surface area contributed by atoms with Crippen molar-refractivity contribution in [3.05, 3.63) is 66.0 Å². The van der Waals surface area contributed by atoms with Gasteiger partial charge in [-0.15, -0.1) is 17.5 Å². The fraction of sp³-hybridized carbons (Fsp3) is 0.250. The van der Waals surface area contributed by atoms with Gasteiger partial charge in [0.05, 0.1) is 11.4 Å². The largest absolute Gasteiger partial charge is 0.350 e. The number of carbonyl (C=O) groups excluding carboxylic acids is 1. The Morgan fingerprint density at radius 2 is 1.74 bits per heavy atom. The fourth-order valence-corrected chi connectivity index (χ4v) is 2.64. The average molecular weight is 386 g/mol. The summed E-state index contributed by atoms with van der Waals surface area (Å²) in [6.07, 6.45) is 0. The first-order valence-corrected chi connectivity index (χ1v) is 8.66. The Kier molecular flexibility index (Phi) is 7.10. The van der Waals surface area contributed by atoms with Crippen LogP contribution in [0.4, 0.5) is 0 Å². The molecule has 0 aliphatic heterocycles. The quantitative estimate of drug-likeness (QED) is 0.683. The minimum Gasteiger partial charge on any atom is -0.350 e. The molecule has 0 aliphatic rings. The molecule has 1 amide bonds. The standard InChI is InChI=1S/C20H23N5O.ClH/c1-14(12-21)13-22-20(26)19-15(2)25(24-23-19)18-10-8-17(9-11-18)16-6-4-3-5-7-16;/h3-11,14H,12-13,21H2,1-2H3,(H,22,26);1H. The summed E-state index contributed by atoms with van der Waals surface area (Å²) < 4.78 is 1.68. The van der Waals surface area contributed by atoms with E-state index in [4.69, 9.17) is 5.73 Å². The zero-order chi connectivity index (χ0) is 18.5. The van der Waals surface area contributed by atoms with Crippen LogP contribution in [0.3, 0.4) is 0 Å². The first kappa shape index (κ1) is 20.6. The number of amides is 1. The molecule has 0 aliphatic carbocycles. The lowest BCUT2D eigenvalue weighted by atomic mass is 10.1. The van der Waals surface area contributed by atoms with Crippen LogP contribution >= 0.6 is 12.4 Å². The lowest BCUT2D eigenvalue weighted by Gasteiger charge is -2.09. The maximum Gasteiger partial charge on any atom is 0.273 e. The highest BCUT2D eigenvalue weighted by Crippen LogP contribution is 2.21. The second-order valence-corrected chi connectivity index (χ2v) is 6.40. The second-order valence-electron chi connectivity index (χ2n) is 6.40. The zero-order valence-corrected chi connectivity index (χ0v) is 16.2. The highest BCUT2D eigenvalue weighted by atomic mass is 35.5. The van der Waals surface area contributed by atoms with E-state index in [1.165, 1.54) is 0 Å². The highest BCUT2D eigenvalue weighted by molar-refractivity contribution is 5.93. The molecular formula is C20H24ClN5O. The normalized spacial score (nSPS) is 11.5. The molecule has 142 valence electrons. The van der Waals surface area contributed by atoms with Gasteiger partial charge in [0.15, 0.2) is 5.69 Å². The topological polar surface area (TPSA) is 85.8 Å². The number of nitrogens with one attached hydrogen (secondary N) is 1. The van der Waals surface area contributed by atoms with Crippen molar-refractivity contribution in [3.8, 4) is 16.8 Å². The van der Waals surface area contributed by atoms with Crippen molar-refractivity contribution in [2.24, 2.45) is 11.7 Å². The molecule has 3 aromatic rings. The summed E-state index contributed by atoms with van der Waals surface area (Å²) in [7, 11) is 0. The molecule has 7 heteroatoms. The molecule has 0 bridgehead atoms. The summed E-state index contributed by atoms with van der Waals surface area (Å²) in [5.74, 6) is -0.00483. The van der Waals surface area contributed by atoms with E-state index in [0.717, 1.165) is 16.8 Å². The monoisotopic (exact) mass is 385 g/mol. The molecule has 0 fully saturated rings. The van der Waals surface area contributed by atoms with Crippen molar-refractivity contribution in [3.63, 3.8) is 0 Å². The van der Waals surface area contributed by atoms with E-state index >= 15 is 0 Å². The van der Waals surface area contributed by atoms with Crippen LogP contribution in [0.2, 0.25) is 0 Å². The molecule has 1 unspecified atom stereocenters. The van der Waals surface area contributed by atoms with Gasteiger partial charge in [-0.05, 0) is 42.6 Å². The van der Waals surface area contributed by atoms with E-state index in [1.54, 1.807) is 4.68 Å². The van der Waals surface area contributed by atoms with Crippen LogP contribution in [0.1, 0.15) is 23.1 Å². The molecule has 2 aromatic carbocycles. The molecule has 0 saturated carbocycles. The van der Waals surface area contributed by atoms with Crippen LogP contribution in [0.25, 0.3) is 16.8 Å². The SMILES string of the molecule is Cc1c(C(=O)NCC(C)CN)nnn1-c1ccc(-c2ccccc2)cc1.Cl. The fourth-order valence-electron chi connectivity index (χ4n) is 2.64. The number of hydrogen-bond acceptors (Lipinski definition) is 4. The molecule has 0 saturated heterocycles. The van der Waals surface area contributed by atoms with Gasteiger partial charge in [-0.1, -0.05) is 54.6 Å². The summed E-state index contributed by atoms with van der Waals surface area (Å²) in [4.78, 5) is 12.3. The predicted octanol–water partition coefficient (Wildman–Crippen LogP) is 2.99. The molecule has 0 radical (unpaired) electrons. The lowest BCUT2D eigenvalue weighted by Crippen LogP contribution is -2.31. The summed E-state index contributed by atoms with van der Waals surface area (Å²) in [6, 6.07) is 18.2. The van der Waals surface area contributed by atoms with Crippen LogP contribution < -0.4 is 11.1 Å². The van der Waals surface area contributed by atoms with Crippen molar-refractivity contribution in [1.29, 1.82) is 0 Å². The van der Waals surface area contributed by atoms with Gasteiger partial charge in [-0.3, -0.25) is 4.79 Å². The molecule has 6 nitrogen and oxygen atoms in total. The van der Waals surface area contributed by atoms with Gasteiger partial charge >= 0.3 is 0 Å². The molecule has 3 N–H and O–H groups in total. The number of aromatic nitrogens is 3. The Labute approximate surface area is 165 Å². The molecule has 1 atom stereocenters. The summed E-state index contributed by atoms with van der Waals surface area (Å²) in [6.45, 7) is 4.87. The summed E-state index contributed by atoms with van der Waals surface area (Å²) >= 11 is 0. The Morgan fingerprint density at radius 1 is 1.11 bits per heavy atom. The molecule has 3 rings (SSSR count). The predicted molar refractivity (Wildman–Crippen MR) is 109 cm³/mol. The number of halogens is 1. The molecule has 1 heterocycles. The van der Waals surface area contributed by atoms with Gasteiger partial charge in [0, 0.05) is 6.54 Å². The average Bonchev–Trinajstić information content (AvgIpc) is 3.08. The van der Waals surface area contributed by atoms with Gasteiger partial charge in [0.2, 0.25) is 0 Å². The highest BCUT2D eigenvalue weighted by Gasteiger charge is 2.17. The molecule has 27 heavy (non-hydrogen) atoms. The van der Waals surface area contributed by atoms with Gasteiger partial charge in [0.25, 0.3) is 5.91 Å². The number of hydrogen-bond donors (Lipinski definition) is 2. The van der Waals surface area contributed by atoms with Crippen LogP contribution in [0.5, 0.6) is 0 Å². The van der Waals surface area contributed by atoms with Crippen LogP contribution in [-0.4, -0.2) is 34.0 Å². The van der Waals surface area contributed by atoms with Crippen molar-refractivity contribution < 1.29 is 4.79 Å². The second kappa shape index (κ2) is 9.30.